The standard InChI is InChI=1S/C21H18N4O5S2/c1-29-16-9-13(8-15(25(27)28)19(16)30-2)10-17-20(26)24-21(32-17)22-18(23-24)11-12-4-6-14(31-3)7-5-12/h4-10H,11H2,1-3H3/b17-10-. The monoisotopic (exact) mass is 470 g/mol. The van der Waals surface area contributed by atoms with Gasteiger partial charge in [-0.15, -0.1) is 16.9 Å². The molecule has 2 aromatic carbocycles. The second kappa shape index (κ2) is 8.97. The van der Waals surface area contributed by atoms with E-state index in [0.29, 0.717) is 27.3 Å². The van der Waals surface area contributed by atoms with Crippen molar-refractivity contribution >= 4 is 39.8 Å². The van der Waals surface area contributed by atoms with E-state index < -0.39 is 4.92 Å². The topological polar surface area (TPSA) is 109 Å². The van der Waals surface area contributed by atoms with Crippen LogP contribution in [0.15, 0.2) is 46.1 Å². The van der Waals surface area contributed by atoms with Crippen LogP contribution in [0.4, 0.5) is 5.69 Å². The molecule has 0 atom stereocenters. The van der Waals surface area contributed by atoms with Crippen LogP contribution in [0.5, 0.6) is 11.5 Å². The quantitative estimate of drug-likeness (QED) is 0.230. The third-order valence-corrected chi connectivity index (χ3v) is 6.43. The largest absolute Gasteiger partial charge is 0.493 e. The van der Waals surface area contributed by atoms with E-state index >= 15 is 0 Å². The number of benzene rings is 2. The molecule has 0 N–H and O–H groups in total. The molecule has 164 valence electrons. The fraction of sp³-hybridized carbons (Fsp3) is 0.190. The molecule has 4 aromatic rings. The molecule has 9 nitrogen and oxygen atoms in total. The molecule has 0 amide bonds. The SMILES string of the molecule is COc1cc(/C=c2\sc3nc(Cc4ccc(SC)cc4)nn3c2=O)cc([N+](=O)[O-])c1OC. The number of thioether (sulfide) groups is 1. The van der Waals surface area contributed by atoms with Crippen LogP contribution in [-0.2, 0) is 6.42 Å². The number of nitrogens with zero attached hydrogens (tertiary/aromatic N) is 4. The van der Waals surface area contributed by atoms with Crippen molar-refractivity contribution in [3.63, 3.8) is 0 Å². The van der Waals surface area contributed by atoms with Crippen LogP contribution in [0.1, 0.15) is 17.0 Å². The number of hydrogen-bond acceptors (Lipinski definition) is 9. The lowest BCUT2D eigenvalue weighted by atomic mass is 10.1. The van der Waals surface area contributed by atoms with E-state index in [1.54, 1.807) is 23.9 Å². The van der Waals surface area contributed by atoms with Crippen LogP contribution in [0.2, 0.25) is 0 Å². The number of hydrogen-bond donors (Lipinski definition) is 0. The Bertz CT molecular complexity index is 1410. The number of methoxy groups -OCH3 is 2. The van der Waals surface area contributed by atoms with E-state index in [0.717, 1.165) is 5.56 Å². The van der Waals surface area contributed by atoms with Gasteiger partial charge in [0.25, 0.3) is 5.56 Å². The molecule has 0 fully saturated rings. The summed E-state index contributed by atoms with van der Waals surface area (Å²) < 4.78 is 11.9. The van der Waals surface area contributed by atoms with Gasteiger partial charge in [-0.25, -0.2) is 4.98 Å². The van der Waals surface area contributed by atoms with Crippen molar-refractivity contribution in [1.82, 2.24) is 14.6 Å². The maximum Gasteiger partial charge on any atom is 0.315 e. The van der Waals surface area contributed by atoms with Gasteiger partial charge in [0.2, 0.25) is 10.7 Å². The Morgan fingerprint density at radius 1 is 1.22 bits per heavy atom. The summed E-state index contributed by atoms with van der Waals surface area (Å²) in [6.07, 6.45) is 4.09. The number of aromatic nitrogens is 3. The summed E-state index contributed by atoms with van der Waals surface area (Å²) in [5.41, 5.74) is 0.904. The molecular weight excluding hydrogens is 452 g/mol. The minimum Gasteiger partial charge on any atom is -0.493 e. The lowest BCUT2D eigenvalue weighted by molar-refractivity contribution is -0.385. The smallest absolute Gasteiger partial charge is 0.315 e. The predicted octanol–water partition coefficient (Wildman–Crippen LogP) is 2.94. The molecule has 0 aliphatic heterocycles. The third-order valence-electron chi connectivity index (χ3n) is 4.72. The van der Waals surface area contributed by atoms with Crippen LogP contribution in [0.3, 0.4) is 0 Å². The van der Waals surface area contributed by atoms with Gasteiger partial charge in [-0.1, -0.05) is 23.5 Å². The molecule has 4 rings (SSSR count). The minimum atomic E-state index is -0.558. The van der Waals surface area contributed by atoms with E-state index in [4.69, 9.17) is 9.47 Å². The maximum absolute atomic E-state index is 12.8. The Morgan fingerprint density at radius 3 is 2.56 bits per heavy atom. The molecule has 11 heteroatoms. The summed E-state index contributed by atoms with van der Waals surface area (Å²) in [5, 5.41) is 15.8. The van der Waals surface area contributed by atoms with Crippen LogP contribution in [-0.4, -0.2) is 40.0 Å². The number of fused-ring (bicyclic) bond motifs is 1. The van der Waals surface area contributed by atoms with Crippen LogP contribution < -0.4 is 19.6 Å². The summed E-state index contributed by atoms with van der Waals surface area (Å²) in [7, 11) is 2.72. The van der Waals surface area contributed by atoms with Crippen molar-refractivity contribution in [1.29, 1.82) is 0 Å². The van der Waals surface area contributed by atoms with Gasteiger partial charge in [-0.2, -0.15) is 4.52 Å². The fourth-order valence-corrected chi connectivity index (χ4v) is 4.55. The van der Waals surface area contributed by atoms with Crippen LogP contribution in [0.25, 0.3) is 11.0 Å². The predicted molar refractivity (Wildman–Crippen MR) is 123 cm³/mol. The zero-order valence-corrected chi connectivity index (χ0v) is 19.0. The second-order valence-corrected chi connectivity index (χ2v) is 8.58. The van der Waals surface area contributed by atoms with E-state index in [9.17, 15) is 14.9 Å². The Hall–Kier alpha value is -3.44. The first kappa shape index (κ1) is 21.8. The number of rotatable bonds is 7. The van der Waals surface area contributed by atoms with Crippen molar-refractivity contribution in [2.45, 2.75) is 11.3 Å². The summed E-state index contributed by atoms with van der Waals surface area (Å²) in [6.45, 7) is 0. The number of thiazole rings is 1. The Morgan fingerprint density at radius 2 is 1.97 bits per heavy atom. The fourth-order valence-electron chi connectivity index (χ4n) is 3.21. The number of nitro benzene ring substituents is 1. The second-order valence-electron chi connectivity index (χ2n) is 6.70. The van der Waals surface area contributed by atoms with Gasteiger partial charge in [0.15, 0.2) is 11.6 Å². The molecule has 2 aromatic heterocycles. The Kier molecular flexibility index (Phi) is 6.10. The van der Waals surface area contributed by atoms with E-state index in [2.05, 4.69) is 10.1 Å². The molecule has 32 heavy (non-hydrogen) atoms. The van der Waals surface area contributed by atoms with Crippen molar-refractivity contribution in [3.8, 4) is 11.5 Å². The first-order chi connectivity index (χ1) is 15.4. The van der Waals surface area contributed by atoms with E-state index in [1.165, 1.54) is 41.0 Å². The normalized spacial score (nSPS) is 11.8. The number of nitro groups is 1. The lowest BCUT2D eigenvalue weighted by Gasteiger charge is -2.08. The highest BCUT2D eigenvalue weighted by atomic mass is 32.2. The van der Waals surface area contributed by atoms with Crippen molar-refractivity contribution in [2.24, 2.45) is 0 Å². The molecular formula is C21H18N4O5S2. The molecule has 0 spiro atoms. The van der Waals surface area contributed by atoms with Gasteiger partial charge in [-0.3, -0.25) is 14.9 Å². The first-order valence-corrected chi connectivity index (χ1v) is 11.4. The van der Waals surface area contributed by atoms with Crippen LogP contribution in [0, 0.1) is 10.1 Å². The lowest BCUT2D eigenvalue weighted by Crippen LogP contribution is -2.23. The molecule has 0 radical (unpaired) electrons. The highest BCUT2D eigenvalue weighted by Gasteiger charge is 2.21. The minimum absolute atomic E-state index is 0.0230. The molecule has 0 aliphatic carbocycles. The molecule has 0 unspecified atom stereocenters. The summed E-state index contributed by atoms with van der Waals surface area (Å²) >= 11 is 2.84. The zero-order valence-electron chi connectivity index (χ0n) is 17.4. The number of ether oxygens (including phenoxy) is 2. The van der Waals surface area contributed by atoms with Gasteiger partial charge in [0.1, 0.15) is 0 Å². The van der Waals surface area contributed by atoms with Gasteiger partial charge in [0, 0.05) is 17.4 Å². The summed E-state index contributed by atoms with van der Waals surface area (Å²) in [6, 6.07) is 11.0. The molecule has 0 saturated heterocycles. The summed E-state index contributed by atoms with van der Waals surface area (Å²) in [4.78, 5) is 29.8. The molecule has 0 bridgehead atoms. The Labute approximate surface area is 190 Å². The van der Waals surface area contributed by atoms with Gasteiger partial charge in [0.05, 0.1) is 23.7 Å². The van der Waals surface area contributed by atoms with Crippen molar-refractivity contribution in [3.05, 3.63) is 78.3 Å². The Balaban J connectivity index is 1.70. The highest BCUT2D eigenvalue weighted by molar-refractivity contribution is 7.98. The van der Waals surface area contributed by atoms with Crippen molar-refractivity contribution in [2.75, 3.05) is 20.5 Å². The van der Waals surface area contributed by atoms with Crippen LogP contribution >= 0.6 is 23.1 Å². The summed E-state index contributed by atoms with van der Waals surface area (Å²) in [5.74, 6) is 0.781. The molecule has 0 aliphatic rings. The van der Waals surface area contributed by atoms with Gasteiger partial charge < -0.3 is 9.47 Å². The van der Waals surface area contributed by atoms with Crippen molar-refractivity contribution < 1.29 is 14.4 Å². The van der Waals surface area contributed by atoms with Gasteiger partial charge in [-0.05, 0) is 41.7 Å². The average Bonchev–Trinajstić information content (AvgIpc) is 3.31. The molecule has 0 saturated carbocycles. The average molecular weight is 471 g/mol. The zero-order chi connectivity index (χ0) is 22.8. The highest BCUT2D eigenvalue weighted by Crippen LogP contribution is 2.38. The van der Waals surface area contributed by atoms with E-state index in [1.807, 2.05) is 30.5 Å². The van der Waals surface area contributed by atoms with Gasteiger partial charge >= 0.3 is 5.69 Å². The third kappa shape index (κ3) is 4.16. The first-order valence-electron chi connectivity index (χ1n) is 9.37. The maximum atomic E-state index is 12.8. The van der Waals surface area contributed by atoms with E-state index in [-0.39, 0.29) is 22.7 Å². The molecule has 2 heterocycles.